The summed E-state index contributed by atoms with van der Waals surface area (Å²) >= 11 is 0. The number of hydrogen-bond donors (Lipinski definition) is 0. The molecule has 3 rings (SSSR count). The third kappa shape index (κ3) is 3.28. The molecule has 0 bridgehead atoms. The minimum Gasteiger partial charge on any atom is -0.459 e. The van der Waals surface area contributed by atoms with Crippen molar-refractivity contribution in [1.29, 1.82) is 0 Å². The van der Waals surface area contributed by atoms with Gasteiger partial charge in [-0.2, -0.15) is 4.68 Å². The van der Waals surface area contributed by atoms with E-state index < -0.39 is 5.76 Å². The van der Waals surface area contributed by atoms with Gasteiger partial charge >= 0.3 is 5.76 Å². The second-order valence-corrected chi connectivity index (χ2v) is 6.19. The van der Waals surface area contributed by atoms with Crippen LogP contribution in [0.5, 0.6) is 0 Å². The maximum atomic E-state index is 12.7. The fraction of sp³-hybridized carbons (Fsp3) is 0.389. The van der Waals surface area contributed by atoms with Gasteiger partial charge in [0, 0.05) is 24.1 Å². The lowest BCUT2D eigenvalue weighted by Gasteiger charge is -2.17. The van der Waals surface area contributed by atoms with Crippen LogP contribution in [-0.2, 0) is 11.3 Å². The fourth-order valence-corrected chi connectivity index (χ4v) is 3.18. The molecular formula is C18H21N3O5. The van der Waals surface area contributed by atoms with Gasteiger partial charge in [-0.25, -0.2) is 4.79 Å². The van der Waals surface area contributed by atoms with E-state index in [1.54, 1.807) is 19.2 Å². The number of methoxy groups -OCH3 is 1. The Morgan fingerprint density at radius 3 is 2.81 bits per heavy atom. The number of ketones is 1. The van der Waals surface area contributed by atoms with E-state index in [-0.39, 0.29) is 24.3 Å². The smallest absolute Gasteiger partial charge is 0.437 e. The molecule has 0 fully saturated rings. The quantitative estimate of drug-likeness (QED) is 0.602. The zero-order valence-electron chi connectivity index (χ0n) is 15.2. The van der Waals surface area contributed by atoms with E-state index in [2.05, 4.69) is 9.67 Å². The molecule has 0 aliphatic carbocycles. The van der Waals surface area contributed by atoms with Crippen molar-refractivity contribution in [1.82, 2.24) is 14.3 Å². The van der Waals surface area contributed by atoms with Crippen LogP contribution in [0.2, 0.25) is 0 Å². The molecule has 3 aromatic heterocycles. The minimum atomic E-state index is -0.702. The lowest BCUT2D eigenvalue weighted by molar-refractivity contribution is 0.0963. The number of rotatable bonds is 7. The molecule has 26 heavy (non-hydrogen) atoms. The fourth-order valence-electron chi connectivity index (χ4n) is 3.18. The van der Waals surface area contributed by atoms with Gasteiger partial charge in [0.05, 0.1) is 18.9 Å². The highest BCUT2D eigenvalue weighted by atomic mass is 16.5. The minimum absolute atomic E-state index is 0.0481. The number of aromatic nitrogens is 3. The summed E-state index contributed by atoms with van der Waals surface area (Å²) in [6.45, 7) is 6.18. The van der Waals surface area contributed by atoms with Gasteiger partial charge in [0.25, 0.3) is 5.89 Å². The number of carbonyl (C=O) groups is 1. The lowest BCUT2D eigenvalue weighted by Crippen LogP contribution is -2.22. The Kier molecular flexibility index (Phi) is 4.94. The number of furan rings is 1. The first-order valence-electron chi connectivity index (χ1n) is 8.24. The molecule has 0 aliphatic rings. The van der Waals surface area contributed by atoms with Gasteiger partial charge < -0.3 is 18.1 Å². The van der Waals surface area contributed by atoms with Crippen molar-refractivity contribution < 1.29 is 18.4 Å². The molecule has 0 N–H and O–H groups in total. The Labute approximate surface area is 150 Å². The first kappa shape index (κ1) is 17.9. The first-order chi connectivity index (χ1) is 12.4. The van der Waals surface area contributed by atoms with Gasteiger partial charge in [-0.3, -0.25) is 4.79 Å². The van der Waals surface area contributed by atoms with Gasteiger partial charge in [-0.15, -0.1) is 5.10 Å². The van der Waals surface area contributed by atoms with Crippen LogP contribution < -0.4 is 5.76 Å². The average Bonchev–Trinajstić information content (AvgIpc) is 3.28. The molecule has 8 heteroatoms. The van der Waals surface area contributed by atoms with Crippen LogP contribution in [0, 0.1) is 13.8 Å². The largest absolute Gasteiger partial charge is 0.459 e. The molecule has 0 spiro atoms. The number of aryl methyl sites for hydroxylation is 1. The van der Waals surface area contributed by atoms with Gasteiger partial charge in [0.2, 0.25) is 0 Å². The molecule has 0 amide bonds. The molecule has 0 radical (unpaired) electrons. The van der Waals surface area contributed by atoms with Crippen LogP contribution >= 0.6 is 0 Å². The molecule has 138 valence electrons. The normalized spacial score (nSPS) is 12.5. The maximum Gasteiger partial charge on any atom is 0.437 e. The number of carbonyl (C=O) groups excluding carboxylic acids is 1. The van der Waals surface area contributed by atoms with Crippen molar-refractivity contribution in [2.24, 2.45) is 0 Å². The van der Waals surface area contributed by atoms with E-state index >= 15 is 0 Å². The highest BCUT2D eigenvalue weighted by Crippen LogP contribution is 2.22. The highest BCUT2D eigenvalue weighted by molar-refractivity contribution is 5.97. The monoisotopic (exact) mass is 359 g/mol. The standard InChI is InChI=1S/C18H21N3O5/c1-11-8-14(13(3)21(11)12(2)10-24-4)15(22)9-20-18(23)26-17(19-20)16-6-5-7-25-16/h5-8,12H,9-10H2,1-4H3. The summed E-state index contributed by atoms with van der Waals surface area (Å²) in [5.41, 5.74) is 2.35. The summed E-state index contributed by atoms with van der Waals surface area (Å²) in [5, 5.41) is 4.04. The number of Topliss-reactive ketones (excluding diaryl/α,β-unsaturated/α-hetero) is 1. The van der Waals surface area contributed by atoms with Crippen molar-refractivity contribution in [3.8, 4) is 11.7 Å². The lowest BCUT2D eigenvalue weighted by atomic mass is 10.1. The summed E-state index contributed by atoms with van der Waals surface area (Å²) in [7, 11) is 1.64. The van der Waals surface area contributed by atoms with Crippen LogP contribution in [0.1, 0.15) is 34.7 Å². The van der Waals surface area contributed by atoms with Crippen molar-refractivity contribution >= 4 is 5.78 Å². The zero-order valence-corrected chi connectivity index (χ0v) is 15.2. The Hall–Kier alpha value is -2.87. The van der Waals surface area contributed by atoms with Gasteiger partial charge in [0.1, 0.15) is 6.54 Å². The van der Waals surface area contributed by atoms with E-state index in [4.69, 9.17) is 13.6 Å². The third-order valence-electron chi connectivity index (χ3n) is 4.27. The average molecular weight is 359 g/mol. The Bertz CT molecular complexity index is 962. The molecular weight excluding hydrogens is 338 g/mol. The van der Waals surface area contributed by atoms with E-state index in [0.717, 1.165) is 16.1 Å². The molecule has 1 atom stereocenters. The molecule has 0 aromatic carbocycles. The predicted molar refractivity (Wildman–Crippen MR) is 93.3 cm³/mol. The van der Waals surface area contributed by atoms with Crippen LogP contribution in [-0.4, -0.2) is 33.8 Å². The van der Waals surface area contributed by atoms with Crippen LogP contribution in [0.3, 0.4) is 0 Å². The van der Waals surface area contributed by atoms with E-state index in [0.29, 0.717) is 17.9 Å². The SMILES string of the molecule is COCC(C)n1c(C)cc(C(=O)Cn2nc(-c3ccco3)oc2=O)c1C. The topological polar surface area (TPSA) is 92.4 Å². The summed E-state index contributed by atoms with van der Waals surface area (Å²) < 4.78 is 18.5. The number of nitrogens with zero attached hydrogens (tertiary/aromatic N) is 3. The second kappa shape index (κ2) is 7.17. The van der Waals surface area contributed by atoms with Crippen LogP contribution in [0.25, 0.3) is 11.7 Å². The Balaban J connectivity index is 1.85. The second-order valence-electron chi connectivity index (χ2n) is 6.19. The molecule has 3 aromatic rings. The van der Waals surface area contributed by atoms with Crippen molar-refractivity contribution in [2.45, 2.75) is 33.4 Å². The summed E-state index contributed by atoms with van der Waals surface area (Å²) in [6, 6.07) is 5.21. The van der Waals surface area contributed by atoms with Gasteiger partial charge in [-0.1, -0.05) is 0 Å². The van der Waals surface area contributed by atoms with Crippen molar-refractivity contribution in [3.63, 3.8) is 0 Å². The molecule has 0 aliphatic heterocycles. The third-order valence-corrected chi connectivity index (χ3v) is 4.27. The van der Waals surface area contributed by atoms with Crippen LogP contribution in [0.15, 0.2) is 38.1 Å². The Morgan fingerprint density at radius 1 is 1.38 bits per heavy atom. The molecule has 3 heterocycles. The number of hydrogen-bond acceptors (Lipinski definition) is 6. The van der Waals surface area contributed by atoms with E-state index in [1.165, 1.54) is 6.26 Å². The summed E-state index contributed by atoms with van der Waals surface area (Å²) in [4.78, 5) is 24.7. The first-order valence-corrected chi connectivity index (χ1v) is 8.24. The predicted octanol–water partition coefficient (Wildman–Crippen LogP) is 2.60. The molecule has 8 nitrogen and oxygen atoms in total. The molecule has 0 saturated heterocycles. The van der Waals surface area contributed by atoms with Crippen molar-refractivity contribution in [2.75, 3.05) is 13.7 Å². The highest BCUT2D eigenvalue weighted by Gasteiger charge is 2.21. The van der Waals surface area contributed by atoms with Gasteiger partial charge in [-0.05, 0) is 39.0 Å². The van der Waals surface area contributed by atoms with Crippen molar-refractivity contribution in [3.05, 3.63) is 52.0 Å². The summed E-state index contributed by atoms with van der Waals surface area (Å²) in [6.07, 6.45) is 1.45. The molecule has 0 saturated carbocycles. The molecule has 1 unspecified atom stereocenters. The number of ether oxygens (including phenoxy) is 1. The van der Waals surface area contributed by atoms with Gasteiger partial charge in [0.15, 0.2) is 11.5 Å². The van der Waals surface area contributed by atoms with E-state index in [9.17, 15) is 9.59 Å². The Morgan fingerprint density at radius 2 is 2.15 bits per heavy atom. The maximum absolute atomic E-state index is 12.7. The van der Waals surface area contributed by atoms with Crippen LogP contribution in [0.4, 0.5) is 0 Å². The summed E-state index contributed by atoms with van der Waals surface area (Å²) in [5.74, 6) is -0.534. The van der Waals surface area contributed by atoms with E-state index in [1.807, 2.05) is 26.8 Å². The zero-order chi connectivity index (χ0) is 18.8.